The van der Waals surface area contributed by atoms with Crippen LogP contribution >= 0.6 is 0 Å². The van der Waals surface area contributed by atoms with Crippen LogP contribution in [0.2, 0.25) is 0 Å². The van der Waals surface area contributed by atoms with Gasteiger partial charge in [-0.05, 0) is 34.2 Å². The molecule has 1 atom stereocenters. The molecule has 0 aliphatic rings. The van der Waals surface area contributed by atoms with Crippen molar-refractivity contribution in [1.29, 1.82) is 0 Å². The molecule has 30 heavy (non-hydrogen) atoms. The SMILES string of the molecule is CCCCCCCCCCCCCCCCC(C)(C)N(C)C(C)(CC(=O)O)C(=O)O. The second-order valence-corrected chi connectivity index (χ2v) is 9.87. The molecule has 0 amide bonds. The smallest absolute Gasteiger partial charge is 0.324 e. The molecule has 2 N–H and O–H groups in total. The van der Waals surface area contributed by atoms with E-state index in [9.17, 15) is 14.7 Å². The van der Waals surface area contributed by atoms with Crippen LogP contribution in [0.3, 0.4) is 0 Å². The molecule has 0 saturated carbocycles. The van der Waals surface area contributed by atoms with E-state index in [1.807, 2.05) is 13.8 Å². The number of carboxylic acids is 2. The molecule has 5 heteroatoms. The lowest BCUT2D eigenvalue weighted by atomic mass is 9.86. The Balaban J connectivity index is 3.93. The van der Waals surface area contributed by atoms with Gasteiger partial charge in [-0.2, -0.15) is 0 Å². The summed E-state index contributed by atoms with van der Waals surface area (Å²) >= 11 is 0. The normalized spacial score (nSPS) is 14.1. The first-order valence-electron chi connectivity index (χ1n) is 12.3. The lowest BCUT2D eigenvalue weighted by molar-refractivity contribution is -0.160. The molecule has 0 fully saturated rings. The van der Waals surface area contributed by atoms with Crippen LogP contribution in [0.25, 0.3) is 0 Å². The van der Waals surface area contributed by atoms with Gasteiger partial charge in [0, 0.05) is 5.54 Å². The van der Waals surface area contributed by atoms with Gasteiger partial charge >= 0.3 is 11.9 Å². The Morgan fingerprint density at radius 1 is 0.700 bits per heavy atom. The maximum Gasteiger partial charge on any atom is 0.324 e. The summed E-state index contributed by atoms with van der Waals surface area (Å²) in [6.45, 7) is 7.80. The van der Waals surface area contributed by atoms with Crippen molar-refractivity contribution in [3.63, 3.8) is 0 Å². The molecule has 0 radical (unpaired) electrons. The maximum atomic E-state index is 11.7. The Morgan fingerprint density at radius 2 is 1.07 bits per heavy atom. The predicted molar refractivity (Wildman–Crippen MR) is 125 cm³/mol. The Hall–Kier alpha value is -1.10. The van der Waals surface area contributed by atoms with Gasteiger partial charge in [-0.25, -0.2) is 0 Å². The van der Waals surface area contributed by atoms with Crippen LogP contribution in [-0.4, -0.2) is 45.2 Å². The molecule has 0 bridgehead atoms. The molecule has 0 aromatic rings. The van der Waals surface area contributed by atoms with Crippen LogP contribution in [0.1, 0.15) is 130 Å². The highest BCUT2D eigenvalue weighted by Crippen LogP contribution is 2.31. The van der Waals surface area contributed by atoms with Gasteiger partial charge in [0.05, 0.1) is 6.42 Å². The van der Waals surface area contributed by atoms with Crippen LogP contribution in [0.5, 0.6) is 0 Å². The fourth-order valence-electron chi connectivity index (χ4n) is 4.22. The monoisotopic (exact) mass is 427 g/mol. The average molecular weight is 428 g/mol. The van der Waals surface area contributed by atoms with Gasteiger partial charge in [0.25, 0.3) is 0 Å². The van der Waals surface area contributed by atoms with Crippen molar-refractivity contribution in [2.24, 2.45) is 0 Å². The van der Waals surface area contributed by atoms with Gasteiger partial charge in [0.2, 0.25) is 0 Å². The zero-order valence-electron chi connectivity index (χ0n) is 20.5. The molecule has 0 aromatic heterocycles. The molecular weight excluding hydrogens is 378 g/mol. The number of carboxylic acid groups (broad SMARTS) is 2. The molecule has 0 rings (SSSR count). The third-order valence-corrected chi connectivity index (χ3v) is 6.75. The van der Waals surface area contributed by atoms with E-state index in [-0.39, 0.29) is 5.54 Å². The molecule has 1 unspecified atom stereocenters. The van der Waals surface area contributed by atoms with Gasteiger partial charge in [-0.15, -0.1) is 0 Å². The number of nitrogens with zero attached hydrogens (tertiary/aromatic N) is 1. The van der Waals surface area contributed by atoms with E-state index >= 15 is 0 Å². The largest absolute Gasteiger partial charge is 0.481 e. The summed E-state index contributed by atoms with van der Waals surface area (Å²) in [5.74, 6) is -2.17. The van der Waals surface area contributed by atoms with E-state index in [2.05, 4.69) is 6.92 Å². The lowest BCUT2D eigenvalue weighted by Crippen LogP contribution is -2.59. The number of likely N-dealkylation sites (N-methyl/N-ethyl adjacent to an activating group) is 1. The minimum Gasteiger partial charge on any atom is -0.481 e. The highest BCUT2D eigenvalue weighted by molar-refractivity contribution is 5.84. The molecule has 0 aliphatic carbocycles. The summed E-state index contributed by atoms with van der Waals surface area (Å²) in [6, 6.07) is 0. The first-order chi connectivity index (χ1) is 14.1. The molecule has 0 saturated heterocycles. The van der Waals surface area contributed by atoms with Crippen molar-refractivity contribution in [3.05, 3.63) is 0 Å². The van der Waals surface area contributed by atoms with E-state index in [4.69, 9.17) is 5.11 Å². The minimum absolute atomic E-state index is 0.361. The van der Waals surface area contributed by atoms with Crippen molar-refractivity contribution < 1.29 is 19.8 Å². The first-order valence-corrected chi connectivity index (χ1v) is 12.3. The number of carbonyl (C=O) groups is 2. The third-order valence-electron chi connectivity index (χ3n) is 6.75. The number of hydrogen-bond donors (Lipinski definition) is 2. The molecule has 0 spiro atoms. The van der Waals surface area contributed by atoms with Gasteiger partial charge in [-0.3, -0.25) is 14.5 Å². The van der Waals surface area contributed by atoms with Crippen LogP contribution in [0, 0.1) is 0 Å². The predicted octanol–water partition coefficient (Wildman–Crippen LogP) is 6.89. The van der Waals surface area contributed by atoms with Crippen LogP contribution < -0.4 is 0 Å². The fourth-order valence-corrected chi connectivity index (χ4v) is 4.22. The van der Waals surface area contributed by atoms with E-state index < -0.39 is 23.9 Å². The van der Waals surface area contributed by atoms with Crippen molar-refractivity contribution in [2.75, 3.05) is 7.05 Å². The van der Waals surface area contributed by atoms with Gasteiger partial charge < -0.3 is 10.2 Å². The molecule has 0 heterocycles. The highest BCUT2D eigenvalue weighted by atomic mass is 16.4. The maximum absolute atomic E-state index is 11.7. The fraction of sp³-hybridized carbons (Fsp3) is 0.920. The molecule has 0 aliphatic heterocycles. The van der Waals surface area contributed by atoms with E-state index in [0.29, 0.717) is 0 Å². The summed E-state index contributed by atoms with van der Waals surface area (Å²) < 4.78 is 0. The number of unbranched alkanes of at least 4 members (excludes halogenated alkanes) is 13. The molecule has 5 nitrogen and oxygen atoms in total. The molecular formula is C25H49NO4. The van der Waals surface area contributed by atoms with Crippen molar-refractivity contribution in [2.45, 2.75) is 142 Å². The van der Waals surface area contributed by atoms with E-state index in [1.54, 1.807) is 11.9 Å². The van der Waals surface area contributed by atoms with Crippen LogP contribution in [0.4, 0.5) is 0 Å². The quantitative estimate of drug-likeness (QED) is 0.207. The topological polar surface area (TPSA) is 77.8 Å². The Kier molecular flexibility index (Phi) is 15.1. The molecule has 178 valence electrons. The van der Waals surface area contributed by atoms with Gasteiger partial charge in [0.15, 0.2) is 0 Å². The molecule has 0 aromatic carbocycles. The summed E-state index contributed by atoms with van der Waals surface area (Å²) in [5.41, 5.74) is -1.76. The van der Waals surface area contributed by atoms with Crippen LogP contribution in [0.15, 0.2) is 0 Å². The van der Waals surface area contributed by atoms with Crippen molar-refractivity contribution >= 4 is 11.9 Å². The summed E-state index contributed by atoms with van der Waals surface area (Å²) in [4.78, 5) is 24.6. The number of rotatable bonds is 20. The second kappa shape index (κ2) is 15.7. The summed E-state index contributed by atoms with van der Waals surface area (Å²) in [6.07, 6.45) is 18.9. The third kappa shape index (κ3) is 11.9. The zero-order chi connectivity index (χ0) is 23.0. The standard InChI is InChI=1S/C25H49NO4/c1-6-7-8-9-10-11-12-13-14-15-16-17-18-19-20-24(2,3)26(5)25(4,23(29)30)21-22(27)28/h6-21H2,1-5H3,(H,27,28)(H,29,30). The summed E-state index contributed by atoms with van der Waals surface area (Å²) in [7, 11) is 1.74. The minimum atomic E-state index is -1.40. The number of aliphatic carboxylic acids is 2. The van der Waals surface area contributed by atoms with Crippen LogP contribution in [-0.2, 0) is 9.59 Å². The Morgan fingerprint density at radius 3 is 1.40 bits per heavy atom. The first kappa shape index (κ1) is 28.9. The van der Waals surface area contributed by atoms with Crippen molar-refractivity contribution in [3.8, 4) is 0 Å². The van der Waals surface area contributed by atoms with Gasteiger partial charge in [0.1, 0.15) is 5.54 Å². The van der Waals surface area contributed by atoms with E-state index in [0.717, 1.165) is 19.3 Å². The van der Waals surface area contributed by atoms with Gasteiger partial charge in [-0.1, -0.05) is 96.8 Å². The Bertz CT molecular complexity index is 478. The lowest BCUT2D eigenvalue weighted by Gasteiger charge is -2.45. The number of hydrogen-bond acceptors (Lipinski definition) is 3. The second-order valence-electron chi connectivity index (χ2n) is 9.87. The van der Waals surface area contributed by atoms with Crippen molar-refractivity contribution in [1.82, 2.24) is 4.90 Å². The highest BCUT2D eigenvalue weighted by Gasteiger charge is 2.45. The zero-order valence-corrected chi connectivity index (χ0v) is 20.5. The average Bonchev–Trinajstić information content (AvgIpc) is 2.66. The Labute approximate surface area is 185 Å². The van der Waals surface area contributed by atoms with E-state index in [1.165, 1.54) is 84.0 Å². The summed E-state index contributed by atoms with van der Waals surface area (Å²) in [5, 5.41) is 18.7.